The Morgan fingerprint density at radius 3 is 2.65 bits per heavy atom. The van der Waals surface area contributed by atoms with E-state index in [1.54, 1.807) is 10.8 Å². The fourth-order valence-corrected chi connectivity index (χ4v) is 7.54. The summed E-state index contributed by atoms with van der Waals surface area (Å²) >= 11 is 1.74. The second-order valence-electron chi connectivity index (χ2n) is 9.86. The van der Waals surface area contributed by atoms with Gasteiger partial charge in [0.15, 0.2) is 0 Å². The Bertz CT molecular complexity index is 1710. The van der Waals surface area contributed by atoms with E-state index < -0.39 is 0 Å². The number of hydrogen-bond donors (Lipinski definition) is 1. The Hall–Kier alpha value is -2.53. The number of amides is 1. The van der Waals surface area contributed by atoms with E-state index in [2.05, 4.69) is 17.4 Å². The Morgan fingerprint density at radius 2 is 1.93 bits per heavy atom. The summed E-state index contributed by atoms with van der Waals surface area (Å²) < 4.78 is 10.4. The number of aryl methyl sites for hydroxylation is 1. The quantitative estimate of drug-likeness (QED) is 0.0928. The molecule has 204 valence electrons. The monoisotopic (exact) mass is 764 g/mol. The number of thioether (sulfide) groups is 1. The molecule has 0 atom stereocenters. The van der Waals surface area contributed by atoms with E-state index >= 15 is 0 Å². The standard InChI is InChI=1S/C29H27N4O3S.Hg.H2O.H2S/c1-32-23-15-14-19(24-13-8-16-36-24)17-22(23)26-27(32)28(35)33(21-11-6-3-7-12-21)29(31-26)37-18-25(34)30-20-9-4-2-5-10-20;;;/h3,6,8,11-17,20H,2,4-5,9-10,18H2,1H3,(H,30,34);;2*1H2/q;+1;;/p-1. The molecular formula is C29H30HgN4O4S2. The number of rotatable bonds is 6. The van der Waals surface area contributed by atoms with Crippen molar-refractivity contribution in [1.82, 2.24) is 19.4 Å². The molecule has 0 unspecified atom stereocenters. The van der Waals surface area contributed by atoms with Crippen molar-refractivity contribution in [2.75, 3.05) is 5.75 Å². The maximum atomic E-state index is 14.1. The number of aromatic nitrogens is 3. The van der Waals surface area contributed by atoms with Crippen molar-refractivity contribution in [3.05, 3.63) is 71.2 Å². The molecule has 40 heavy (non-hydrogen) atoms. The van der Waals surface area contributed by atoms with Crippen LogP contribution in [0, 0.1) is 0 Å². The number of nitrogens with zero attached hydrogens (tertiary/aromatic N) is 3. The maximum Gasteiger partial charge on any atom is -0.412 e. The van der Waals surface area contributed by atoms with Gasteiger partial charge < -0.3 is 19.0 Å². The average molecular weight is 763 g/mol. The van der Waals surface area contributed by atoms with Crippen LogP contribution in [-0.2, 0) is 51.5 Å². The zero-order chi connectivity index (χ0) is 26.2. The van der Waals surface area contributed by atoms with Crippen LogP contribution in [0.4, 0.5) is 0 Å². The normalized spacial score (nSPS) is 13.7. The number of furan rings is 1. The molecule has 3 heterocycles. The van der Waals surface area contributed by atoms with Crippen molar-refractivity contribution in [3.8, 4) is 17.0 Å². The third-order valence-electron chi connectivity index (χ3n) is 7.25. The van der Waals surface area contributed by atoms with Crippen LogP contribution >= 0.6 is 11.8 Å². The van der Waals surface area contributed by atoms with Crippen LogP contribution in [0.1, 0.15) is 32.1 Å². The number of thiol groups is 1. The number of hydrogen-bond acceptors (Lipinski definition) is 6. The molecular weight excluding hydrogens is 733 g/mol. The fourth-order valence-electron chi connectivity index (χ4n) is 5.38. The van der Waals surface area contributed by atoms with E-state index in [9.17, 15) is 9.59 Å². The van der Waals surface area contributed by atoms with Crippen LogP contribution in [0.15, 0.2) is 75.2 Å². The molecule has 0 saturated heterocycles. The second-order valence-corrected chi connectivity index (χ2v) is 14.0. The average Bonchev–Trinajstić information content (AvgIpc) is 3.55. The van der Waals surface area contributed by atoms with Crippen molar-refractivity contribution in [3.63, 3.8) is 0 Å². The Labute approximate surface area is 259 Å². The van der Waals surface area contributed by atoms with Gasteiger partial charge in [-0.15, -0.1) is 0 Å². The van der Waals surface area contributed by atoms with E-state index in [-0.39, 0.29) is 42.2 Å². The molecule has 8 nitrogen and oxygen atoms in total. The van der Waals surface area contributed by atoms with Gasteiger partial charge in [0.1, 0.15) is 0 Å². The molecule has 1 aliphatic carbocycles. The van der Waals surface area contributed by atoms with Gasteiger partial charge in [-0.2, -0.15) is 0 Å². The van der Waals surface area contributed by atoms with E-state index in [1.165, 1.54) is 21.3 Å². The molecule has 11 heteroatoms. The summed E-state index contributed by atoms with van der Waals surface area (Å²) in [6.45, 7) is 0. The first kappa shape index (κ1) is 30.4. The summed E-state index contributed by atoms with van der Waals surface area (Å²) in [7, 11) is 1.90. The van der Waals surface area contributed by atoms with Gasteiger partial charge in [0.05, 0.1) is 6.26 Å². The molecule has 5 aromatic rings. The van der Waals surface area contributed by atoms with Crippen LogP contribution in [0.3, 0.4) is 0 Å². The molecule has 1 fully saturated rings. The van der Waals surface area contributed by atoms with Crippen molar-refractivity contribution >= 4 is 56.2 Å². The van der Waals surface area contributed by atoms with Crippen molar-refractivity contribution in [1.29, 1.82) is 0 Å². The van der Waals surface area contributed by atoms with Crippen LogP contribution in [0.25, 0.3) is 38.9 Å². The van der Waals surface area contributed by atoms with Crippen molar-refractivity contribution in [2.45, 2.75) is 43.3 Å². The van der Waals surface area contributed by atoms with Crippen LogP contribution in [0.2, 0.25) is 0 Å². The van der Waals surface area contributed by atoms with Crippen LogP contribution < -0.4 is 13.9 Å². The van der Waals surface area contributed by atoms with Gasteiger partial charge in [-0.3, -0.25) is 0 Å². The van der Waals surface area contributed by atoms with Crippen LogP contribution in [-0.4, -0.2) is 37.3 Å². The number of nitrogens with one attached hydrogen (secondary N) is 1. The second kappa shape index (κ2) is 13.0. The topological polar surface area (TPSA) is 114 Å². The Morgan fingerprint density at radius 1 is 1.12 bits per heavy atom. The van der Waals surface area contributed by atoms with E-state index in [0.29, 0.717) is 42.3 Å². The van der Waals surface area contributed by atoms with Crippen molar-refractivity contribution in [2.24, 2.45) is 7.05 Å². The zero-order valence-corrected chi connectivity index (χ0v) is 29.4. The number of fused-ring (bicyclic) bond motifs is 3. The summed E-state index contributed by atoms with van der Waals surface area (Å²) in [5.41, 5.74) is 3.67. The molecule has 1 amide bonds. The van der Waals surface area contributed by atoms with Gasteiger partial charge in [0.2, 0.25) is 0 Å². The molecule has 1 aliphatic rings. The SMILES string of the molecule is Cn1c2ccc(-c3ccco3)cc2c2nc(SCC(=O)NC3CCCCC3)n(-c3ccc[c]([Hg+])c3)c(=O)c21.O.[SH-]. The predicted octanol–water partition coefficient (Wildman–Crippen LogP) is 3.76. The van der Waals surface area contributed by atoms with Gasteiger partial charge >= 0.3 is 223 Å². The largest absolute Gasteiger partial charge is 0.813 e. The minimum absolute atomic E-state index is 0. The van der Waals surface area contributed by atoms with E-state index in [1.807, 2.05) is 54.1 Å². The number of carbonyl (C=O) groups excluding carboxylic acids is 1. The molecule has 3 aromatic heterocycles. The minimum atomic E-state index is -0.137. The third-order valence-corrected chi connectivity index (χ3v) is 9.90. The smallest absolute Gasteiger partial charge is 0.412 e. The van der Waals surface area contributed by atoms with Crippen LogP contribution in [0.5, 0.6) is 0 Å². The predicted molar refractivity (Wildman–Crippen MR) is 159 cm³/mol. The van der Waals surface area contributed by atoms with E-state index in [0.717, 1.165) is 53.6 Å². The minimum Gasteiger partial charge on any atom is -0.813 e. The fraction of sp³-hybridized carbons (Fsp3) is 0.276. The van der Waals surface area contributed by atoms with Gasteiger partial charge in [-0.25, -0.2) is 0 Å². The van der Waals surface area contributed by atoms with Gasteiger partial charge in [0.25, 0.3) is 0 Å². The zero-order valence-electron chi connectivity index (χ0n) is 22.2. The molecule has 3 N–H and O–H groups in total. The first-order valence-corrected chi connectivity index (χ1v) is 16.7. The molecule has 2 aromatic carbocycles. The summed E-state index contributed by atoms with van der Waals surface area (Å²) in [4.78, 5) is 32.0. The summed E-state index contributed by atoms with van der Waals surface area (Å²) in [5.74, 6) is 0.957. The van der Waals surface area contributed by atoms with Gasteiger partial charge in [-0.05, 0) is 6.07 Å². The van der Waals surface area contributed by atoms with Gasteiger partial charge in [-0.1, -0.05) is 6.42 Å². The number of benzene rings is 2. The van der Waals surface area contributed by atoms with E-state index in [4.69, 9.17) is 9.40 Å². The number of carbonyl (C=O) groups is 1. The summed E-state index contributed by atoms with van der Waals surface area (Å²) in [5, 5.41) is 4.59. The molecule has 1 saturated carbocycles. The molecule has 0 aliphatic heterocycles. The molecule has 0 spiro atoms. The summed E-state index contributed by atoms with van der Waals surface area (Å²) in [6.07, 6.45) is 7.29. The van der Waals surface area contributed by atoms with Gasteiger partial charge in [0, 0.05) is 0 Å². The molecule has 0 bridgehead atoms. The Kier molecular flexibility index (Phi) is 9.87. The first-order chi connectivity index (χ1) is 18.5. The Balaban J connectivity index is 0.00000185. The summed E-state index contributed by atoms with van der Waals surface area (Å²) in [6, 6.07) is 18.1. The first-order valence-electron chi connectivity index (χ1n) is 12.9. The molecule has 0 radical (unpaired) electrons. The van der Waals surface area contributed by atoms with Crippen molar-refractivity contribution < 1.29 is 40.8 Å². The molecule has 6 rings (SSSR count). The maximum absolute atomic E-state index is 14.1. The third kappa shape index (κ3) is 5.90.